The molecule has 1 unspecified atom stereocenters. The summed E-state index contributed by atoms with van der Waals surface area (Å²) in [6, 6.07) is 9.82. The van der Waals surface area contributed by atoms with E-state index >= 15 is 0 Å². The summed E-state index contributed by atoms with van der Waals surface area (Å²) in [5.41, 5.74) is 2.47. The molecule has 2 aliphatic rings. The number of carbonyl (C=O) groups excluding carboxylic acids is 1. The summed E-state index contributed by atoms with van der Waals surface area (Å²) in [7, 11) is 1.37. The molecule has 0 radical (unpaired) electrons. The molecule has 0 aromatic heterocycles. The first-order valence-electron chi connectivity index (χ1n) is 9.13. The number of ether oxygens (including phenoxy) is 2. The molecule has 1 aliphatic heterocycles. The van der Waals surface area contributed by atoms with Gasteiger partial charge in [-0.25, -0.2) is 4.39 Å². The van der Waals surface area contributed by atoms with E-state index in [9.17, 15) is 14.3 Å². The number of fused-ring (bicyclic) bond motifs is 1. The molecule has 0 spiro atoms. The quantitative estimate of drug-likeness (QED) is 0.848. The van der Waals surface area contributed by atoms with Crippen LogP contribution in [0.25, 0.3) is 0 Å². The summed E-state index contributed by atoms with van der Waals surface area (Å²) in [5.74, 6) is 0.281. The zero-order valence-electron chi connectivity index (χ0n) is 15.1. The maximum Gasteiger partial charge on any atom is 0.251 e. The van der Waals surface area contributed by atoms with Gasteiger partial charge in [-0.15, -0.1) is 0 Å². The largest absolute Gasteiger partial charge is 0.494 e. The molecular formula is C21H22FNO4. The molecule has 1 saturated carbocycles. The number of amides is 1. The Morgan fingerprint density at radius 1 is 1.30 bits per heavy atom. The van der Waals surface area contributed by atoms with Gasteiger partial charge in [-0.05, 0) is 60.2 Å². The Balaban J connectivity index is 1.59. The number of nitrogens with one attached hydrogen (secondary N) is 1. The average Bonchev–Trinajstić information content (AvgIpc) is 3.11. The minimum Gasteiger partial charge on any atom is -0.494 e. The number of aliphatic hydroxyl groups excluding tert-OH is 1. The highest BCUT2D eigenvalue weighted by molar-refractivity contribution is 5.94. The first-order chi connectivity index (χ1) is 13.0. The van der Waals surface area contributed by atoms with Crippen molar-refractivity contribution < 1.29 is 23.8 Å². The highest BCUT2D eigenvalue weighted by Crippen LogP contribution is 2.40. The molecular weight excluding hydrogens is 349 g/mol. The number of halogens is 1. The molecule has 0 bridgehead atoms. The molecule has 1 amide bonds. The first-order valence-corrected chi connectivity index (χ1v) is 9.13. The van der Waals surface area contributed by atoms with Crippen LogP contribution in [0.4, 0.5) is 4.39 Å². The molecule has 1 aliphatic carbocycles. The van der Waals surface area contributed by atoms with Crippen LogP contribution in [0.1, 0.15) is 40.4 Å². The van der Waals surface area contributed by atoms with Crippen LogP contribution in [0, 0.1) is 11.7 Å². The van der Waals surface area contributed by atoms with E-state index in [0.717, 1.165) is 23.3 Å². The van der Waals surface area contributed by atoms with Crippen LogP contribution in [0.5, 0.6) is 11.5 Å². The van der Waals surface area contributed by atoms with Crippen LogP contribution in [-0.2, 0) is 6.42 Å². The van der Waals surface area contributed by atoms with Crippen molar-refractivity contribution in [2.24, 2.45) is 5.92 Å². The van der Waals surface area contributed by atoms with E-state index < -0.39 is 5.82 Å². The number of carbonyl (C=O) groups is 1. The lowest BCUT2D eigenvalue weighted by Gasteiger charge is -2.38. The van der Waals surface area contributed by atoms with Gasteiger partial charge in [-0.3, -0.25) is 4.79 Å². The van der Waals surface area contributed by atoms with Gasteiger partial charge in [-0.2, -0.15) is 0 Å². The molecule has 27 heavy (non-hydrogen) atoms. The SMILES string of the molecule is COc1cc(C(=O)NC(c2ccc3c(c2)CCO3)C2CC(O)C2)ccc1F. The van der Waals surface area contributed by atoms with Crippen LogP contribution < -0.4 is 14.8 Å². The molecule has 4 rings (SSSR count). The van der Waals surface area contributed by atoms with Gasteiger partial charge < -0.3 is 19.9 Å². The van der Waals surface area contributed by atoms with E-state index in [1.807, 2.05) is 12.1 Å². The minimum absolute atomic E-state index is 0.0351. The van der Waals surface area contributed by atoms with Gasteiger partial charge in [0.2, 0.25) is 0 Å². The molecule has 0 saturated heterocycles. The number of hydrogen-bond acceptors (Lipinski definition) is 4. The third-order valence-electron chi connectivity index (χ3n) is 5.39. The summed E-state index contributed by atoms with van der Waals surface area (Å²) >= 11 is 0. The number of methoxy groups -OCH3 is 1. The fraction of sp³-hybridized carbons (Fsp3) is 0.381. The predicted octanol–water partition coefficient (Wildman–Crippen LogP) is 3.01. The molecule has 1 heterocycles. The molecule has 2 aromatic carbocycles. The van der Waals surface area contributed by atoms with E-state index in [1.54, 1.807) is 0 Å². The molecule has 2 aromatic rings. The molecule has 1 fully saturated rings. The zero-order chi connectivity index (χ0) is 19.0. The Labute approximate surface area is 157 Å². The van der Waals surface area contributed by atoms with Crippen molar-refractivity contribution in [1.29, 1.82) is 0 Å². The Hall–Kier alpha value is -2.60. The third kappa shape index (κ3) is 3.49. The van der Waals surface area contributed by atoms with E-state index in [1.165, 1.54) is 25.3 Å². The second kappa shape index (κ2) is 7.19. The van der Waals surface area contributed by atoms with Crippen molar-refractivity contribution in [1.82, 2.24) is 5.32 Å². The summed E-state index contributed by atoms with van der Waals surface area (Å²) in [4.78, 5) is 12.8. The zero-order valence-corrected chi connectivity index (χ0v) is 15.1. The lowest BCUT2D eigenvalue weighted by atomic mass is 9.74. The van der Waals surface area contributed by atoms with Crippen molar-refractivity contribution in [2.75, 3.05) is 13.7 Å². The molecule has 6 heteroatoms. The first kappa shape index (κ1) is 17.8. The summed E-state index contributed by atoms with van der Waals surface area (Å²) < 4.78 is 24.2. The molecule has 1 atom stereocenters. The Morgan fingerprint density at radius 3 is 2.85 bits per heavy atom. The van der Waals surface area contributed by atoms with Crippen molar-refractivity contribution in [3.8, 4) is 11.5 Å². The highest BCUT2D eigenvalue weighted by atomic mass is 19.1. The minimum atomic E-state index is -0.508. The number of benzene rings is 2. The Kier molecular flexibility index (Phi) is 4.74. The summed E-state index contributed by atoms with van der Waals surface area (Å²) in [5, 5.41) is 12.8. The Morgan fingerprint density at radius 2 is 2.11 bits per heavy atom. The van der Waals surface area contributed by atoms with Crippen molar-refractivity contribution in [2.45, 2.75) is 31.4 Å². The van der Waals surface area contributed by atoms with Crippen molar-refractivity contribution in [3.63, 3.8) is 0 Å². The van der Waals surface area contributed by atoms with E-state index in [2.05, 4.69) is 11.4 Å². The maximum atomic E-state index is 13.6. The number of hydrogen-bond donors (Lipinski definition) is 2. The standard InChI is InChI=1S/C21H22FNO4/c1-26-19-11-14(2-4-17(19)22)21(25)23-20(15-9-16(24)10-15)13-3-5-18-12(8-13)6-7-27-18/h2-5,8,11,15-16,20,24H,6-7,9-10H2,1H3,(H,23,25). The van der Waals surface area contributed by atoms with Gasteiger partial charge >= 0.3 is 0 Å². The normalized spacial score (nSPS) is 21.6. The van der Waals surface area contributed by atoms with Crippen LogP contribution in [0.3, 0.4) is 0 Å². The summed E-state index contributed by atoms with van der Waals surface area (Å²) in [6.07, 6.45) is 1.82. The van der Waals surface area contributed by atoms with E-state index in [4.69, 9.17) is 9.47 Å². The second-order valence-corrected chi connectivity index (χ2v) is 7.15. The fourth-order valence-electron chi connectivity index (χ4n) is 3.80. The predicted molar refractivity (Wildman–Crippen MR) is 97.5 cm³/mol. The second-order valence-electron chi connectivity index (χ2n) is 7.15. The Bertz CT molecular complexity index is 863. The average molecular weight is 371 g/mol. The summed E-state index contributed by atoms with van der Waals surface area (Å²) in [6.45, 7) is 0.674. The van der Waals surface area contributed by atoms with Crippen LogP contribution in [0.15, 0.2) is 36.4 Å². The van der Waals surface area contributed by atoms with Crippen molar-refractivity contribution >= 4 is 5.91 Å². The number of rotatable bonds is 5. The fourth-order valence-corrected chi connectivity index (χ4v) is 3.80. The van der Waals surface area contributed by atoms with Crippen LogP contribution >= 0.6 is 0 Å². The van der Waals surface area contributed by atoms with Crippen molar-refractivity contribution in [3.05, 3.63) is 58.9 Å². The molecule has 2 N–H and O–H groups in total. The monoisotopic (exact) mass is 371 g/mol. The van der Waals surface area contributed by atoms with Gasteiger partial charge in [0.25, 0.3) is 5.91 Å². The molecule has 142 valence electrons. The van der Waals surface area contributed by atoms with Gasteiger partial charge in [0, 0.05) is 12.0 Å². The maximum absolute atomic E-state index is 13.6. The lowest BCUT2D eigenvalue weighted by Crippen LogP contribution is -2.41. The van der Waals surface area contributed by atoms with Crippen LogP contribution in [0.2, 0.25) is 0 Å². The van der Waals surface area contributed by atoms with Gasteiger partial charge in [0.1, 0.15) is 5.75 Å². The van der Waals surface area contributed by atoms with Gasteiger partial charge in [0.05, 0.1) is 25.9 Å². The third-order valence-corrected chi connectivity index (χ3v) is 5.39. The van der Waals surface area contributed by atoms with Gasteiger partial charge in [0.15, 0.2) is 11.6 Å². The van der Waals surface area contributed by atoms with E-state index in [-0.39, 0.29) is 29.7 Å². The topological polar surface area (TPSA) is 67.8 Å². The van der Waals surface area contributed by atoms with Crippen LogP contribution in [-0.4, -0.2) is 30.8 Å². The smallest absolute Gasteiger partial charge is 0.251 e. The van der Waals surface area contributed by atoms with E-state index in [0.29, 0.717) is 25.0 Å². The molecule has 5 nitrogen and oxygen atoms in total. The number of aliphatic hydroxyl groups is 1. The lowest BCUT2D eigenvalue weighted by molar-refractivity contribution is 0.0235. The highest BCUT2D eigenvalue weighted by Gasteiger charge is 2.36. The van der Waals surface area contributed by atoms with Gasteiger partial charge in [-0.1, -0.05) is 6.07 Å².